The molecule has 7 heteroatoms. The topological polar surface area (TPSA) is 66.4 Å². The summed E-state index contributed by atoms with van der Waals surface area (Å²) in [7, 11) is 0. The first-order valence-electron chi connectivity index (χ1n) is 6.95. The van der Waals surface area contributed by atoms with E-state index in [0.29, 0.717) is 17.5 Å². The number of aryl methyl sites for hydroxylation is 1. The molecule has 0 radical (unpaired) electrons. The molecule has 0 bridgehead atoms. The standard InChI is InChI=1S/C15H18FNO3S2/c1-9-6-10(2-3-12(9)16)14(15(19)20)17-13(18)7-11-8-21-4-5-22-11/h2-3,6,11,14H,4-5,7-8H2,1H3,(H,17,18)(H,19,20). The van der Waals surface area contributed by atoms with Crippen LogP contribution in [0.4, 0.5) is 4.39 Å². The van der Waals surface area contributed by atoms with E-state index in [4.69, 9.17) is 0 Å². The van der Waals surface area contributed by atoms with E-state index in [9.17, 15) is 19.1 Å². The van der Waals surface area contributed by atoms with Crippen LogP contribution in [0.3, 0.4) is 0 Å². The summed E-state index contributed by atoms with van der Waals surface area (Å²) >= 11 is 3.56. The fourth-order valence-corrected chi connectivity index (χ4v) is 4.90. The van der Waals surface area contributed by atoms with Crippen LogP contribution in [-0.2, 0) is 9.59 Å². The summed E-state index contributed by atoms with van der Waals surface area (Å²) in [6.07, 6.45) is 0.307. The Kier molecular flexibility index (Phi) is 6.14. The van der Waals surface area contributed by atoms with Crippen molar-refractivity contribution in [2.24, 2.45) is 0 Å². The molecule has 22 heavy (non-hydrogen) atoms. The lowest BCUT2D eigenvalue weighted by atomic mass is 10.0. The third-order valence-electron chi connectivity index (χ3n) is 3.37. The fourth-order valence-electron chi connectivity index (χ4n) is 2.22. The first kappa shape index (κ1) is 17.1. The Morgan fingerprint density at radius 3 is 2.82 bits per heavy atom. The van der Waals surface area contributed by atoms with Crippen LogP contribution in [0.25, 0.3) is 0 Å². The molecular weight excluding hydrogens is 325 g/mol. The maximum Gasteiger partial charge on any atom is 0.330 e. The molecule has 0 aromatic heterocycles. The number of halogens is 1. The highest BCUT2D eigenvalue weighted by Crippen LogP contribution is 2.26. The molecule has 2 unspecified atom stereocenters. The van der Waals surface area contributed by atoms with Gasteiger partial charge in [-0.1, -0.05) is 12.1 Å². The number of nitrogens with one attached hydrogen (secondary N) is 1. The Morgan fingerprint density at radius 2 is 2.23 bits per heavy atom. The van der Waals surface area contributed by atoms with Gasteiger partial charge in [0.05, 0.1) is 0 Å². The highest BCUT2D eigenvalue weighted by atomic mass is 32.2. The van der Waals surface area contributed by atoms with E-state index < -0.39 is 17.8 Å². The van der Waals surface area contributed by atoms with Gasteiger partial charge in [0, 0.05) is 28.9 Å². The smallest absolute Gasteiger partial charge is 0.330 e. The number of carbonyl (C=O) groups is 2. The number of aliphatic carboxylic acids is 1. The van der Waals surface area contributed by atoms with Crippen molar-refractivity contribution in [1.29, 1.82) is 0 Å². The molecule has 120 valence electrons. The molecule has 2 atom stereocenters. The summed E-state index contributed by atoms with van der Waals surface area (Å²) in [6, 6.07) is 2.93. The van der Waals surface area contributed by atoms with Crippen molar-refractivity contribution >= 4 is 35.4 Å². The summed E-state index contributed by atoms with van der Waals surface area (Å²) in [5.41, 5.74) is 0.739. The second-order valence-electron chi connectivity index (χ2n) is 5.12. The van der Waals surface area contributed by atoms with E-state index in [2.05, 4.69) is 5.32 Å². The molecule has 1 heterocycles. The van der Waals surface area contributed by atoms with Gasteiger partial charge in [-0.05, 0) is 24.1 Å². The van der Waals surface area contributed by atoms with Crippen molar-refractivity contribution in [1.82, 2.24) is 5.32 Å². The maximum absolute atomic E-state index is 13.3. The number of hydrogen-bond acceptors (Lipinski definition) is 4. The average molecular weight is 343 g/mol. The third-order valence-corrected chi connectivity index (χ3v) is 6.21. The number of hydrogen-bond donors (Lipinski definition) is 2. The number of carbonyl (C=O) groups excluding carboxylic acids is 1. The van der Waals surface area contributed by atoms with Gasteiger partial charge >= 0.3 is 5.97 Å². The van der Waals surface area contributed by atoms with Gasteiger partial charge in [-0.3, -0.25) is 4.79 Å². The van der Waals surface area contributed by atoms with Gasteiger partial charge in [0.2, 0.25) is 5.91 Å². The first-order valence-corrected chi connectivity index (χ1v) is 9.15. The SMILES string of the molecule is Cc1cc(C(NC(=O)CC2CSCCS2)C(=O)O)ccc1F. The summed E-state index contributed by atoms with van der Waals surface area (Å²) in [6.45, 7) is 1.56. The number of thioether (sulfide) groups is 2. The molecule has 1 aliphatic rings. The lowest BCUT2D eigenvalue weighted by Gasteiger charge is -2.22. The average Bonchev–Trinajstić information content (AvgIpc) is 2.48. The Morgan fingerprint density at radius 1 is 1.45 bits per heavy atom. The maximum atomic E-state index is 13.3. The second kappa shape index (κ2) is 7.87. The van der Waals surface area contributed by atoms with Gasteiger partial charge in [0.25, 0.3) is 0 Å². The minimum absolute atomic E-state index is 0.225. The highest BCUT2D eigenvalue weighted by molar-refractivity contribution is 8.06. The minimum atomic E-state index is -1.15. The molecule has 0 saturated carbocycles. The number of rotatable bonds is 5. The molecule has 0 aliphatic carbocycles. The van der Waals surface area contributed by atoms with Gasteiger partial charge in [-0.25, -0.2) is 9.18 Å². The number of benzene rings is 1. The summed E-state index contributed by atoms with van der Waals surface area (Å²) in [4.78, 5) is 23.5. The van der Waals surface area contributed by atoms with E-state index in [0.717, 1.165) is 17.3 Å². The predicted octanol–water partition coefficient (Wildman–Crippen LogP) is 2.61. The molecule has 2 rings (SSSR count). The molecule has 1 aliphatic heterocycles. The van der Waals surface area contributed by atoms with E-state index in [1.54, 1.807) is 18.7 Å². The van der Waals surface area contributed by atoms with Crippen molar-refractivity contribution in [2.45, 2.75) is 24.6 Å². The Hall–Kier alpha value is -1.21. The zero-order valence-corrected chi connectivity index (χ0v) is 13.8. The van der Waals surface area contributed by atoms with E-state index >= 15 is 0 Å². The number of carboxylic acid groups (broad SMARTS) is 1. The Bertz CT molecular complexity index is 562. The van der Waals surface area contributed by atoms with Gasteiger partial charge in [-0.2, -0.15) is 23.5 Å². The zero-order chi connectivity index (χ0) is 16.1. The summed E-state index contributed by atoms with van der Waals surface area (Å²) in [5.74, 6) is 1.19. The van der Waals surface area contributed by atoms with Crippen LogP contribution in [0.5, 0.6) is 0 Å². The van der Waals surface area contributed by atoms with Crippen LogP contribution < -0.4 is 5.32 Å². The van der Waals surface area contributed by atoms with Crippen molar-refractivity contribution in [3.05, 3.63) is 35.1 Å². The van der Waals surface area contributed by atoms with Gasteiger partial charge in [0.15, 0.2) is 6.04 Å². The molecule has 0 spiro atoms. The second-order valence-corrected chi connectivity index (χ2v) is 7.68. The van der Waals surface area contributed by atoms with Gasteiger partial charge in [-0.15, -0.1) is 0 Å². The summed E-state index contributed by atoms with van der Waals surface area (Å²) < 4.78 is 13.3. The van der Waals surface area contributed by atoms with Crippen LogP contribution in [0.2, 0.25) is 0 Å². The monoisotopic (exact) mass is 343 g/mol. The van der Waals surface area contributed by atoms with Gasteiger partial charge < -0.3 is 10.4 Å². The van der Waals surface area contributed by atoms with Crippen LogP contribution in [-0.4, -0.2) is 39.5 Å². The molecule has 1 aromatic carbocycles. The summed E-state index contributed by atoms with van der Waals surface area (Å²) in [5, 5.41) is 12.1. The van der Waals surface area contributed by atoms with E-state index in [1.807, 2.05) is 11.8 Å². The fraction of sp³-hybridized carbons (Fsp3) is 0.467. The number of carboxylic acids is 1. The molecule has 1 fully saturated rings. The largest absolute Gasteiger partial charge is 0.479 e. The lowest BCUT2D eigenvalue weighted by Crippen LogP contribution is -2.36. The van der Waals surface area contributed by atoms with Crippen LogP contribution in [0.15, 0.2) is 18.2 Å². The van der Waals surface area contributed by atoms with E-state index in [1.165, 1.54) is 18.2 Å². The predicted molar refractivity (Wildman–Crippen MR) is 87.8 cm³/mol. The molecule has 1 saturated heterocycles. The molecule has 2 N–H and O–H groups in total. The van der Waals surface area contributed by atoms with Crippen LogP contribution in [0, 0.1) is 12.7 Å². The van der Waals surface area contributed by atoms with Crippen LogP contribution in [0.1, 0.15) is 23.6 Å². The van der Waals surface area contributed by atoms with Gasteiger partial charge in [0.1, 0.15) is 5.82 Å². The molecule has 1 amide bonds. The minimum Gasteiger partial charge on any atom is -0.479 e. The van der Waals surface area contributed by atoms with E-state index in [-0.39, 0.29) is 11.2 Å². The van der Waals surface area contributed by atoms with Crippen molar-refractivity contribution in [3.63, 3.8) is 0 Å². The zero-order valence-electron chi connectivity index (χ0n) is 12.2. The number of amides is 1. The Labute approximate surface area is 137 Å². The quantitative estimate of drug-likeness (QED) is 0.860. The van der Waals surface area contributed by atoms with Crippen LogP contribution >= 0.6 is 23.5 Å². The lowest BCUT2D eigenvalue weighted by molar-refractivity contribution is -0.142. The van der Waals surface area contributed by atoms with Crippen molar-refractivity contribution in [2.75, 3.05) is 17.3 Å². The van der Waals surface area contributed by atoms with Crippen molar-refractivity contribution in [3.8, 4) is 0 Å². The van der Waals surface area contributed by atoms with Crippen molar-refractivity contribution < 1.29 is 19.1 Å². The normalized spacial score (nSPS) is 19.5. The Balaban J connectivity index is 2.03. The molecular formula is C15H18FNO3S2. The first-order chi connectivity index (χ1) is 10.5. The third kappa shape index (κ3) is 4.64. The molecule has 1 aromatic rings. The highest BCUT2D eigenvalue weighted by Gasteiger charge is 2.25. The molecule has 4 nitrogen and oxygen atoms in total.